The molecule has 1 amide bonds. The van der Waals surface area contributed by atoms with Crippen molar-refractivity contribution in [1.82, 2.24) is 4.98 Å². The minimum atomic E-state index is -0.507. The second-order valence-corrected chi connectivity index (χ2v) is 5.32. The van der Waals surface area contributed by atoms with Gasteiger partial charge < -0.3 is 15.0 Å². The van der Waals surface area contributed by atoms with Crippen LogP contribution in [0, 0.1) is 0 Å². The summed E-state index contributed by atoms with van der Waals surface area (Å²) in [6, 6.07) is 7.86. The molecule has 2 aromatic rings. The Bertz CT molecular complexity index is 747. The Hall–Kier alpha value is -2.60. The zero-order valence-electron chi connectivity index (χ0n) is 13.0. The van der Waals surface area contributed by atoms with Crippen LogP contribution in [0.25, 0.3) is 0 Å². The van der Waals surface area contributed by atoms with Crippen LogP contribution in [-0.2, 0) is 4.74 Å². The van der Waals surface area contributed by atoms with Crippen molar-refractivity contribution < 1.29 is 14.3 Å². The lowest BCUT2D eigenvalue weighted by Gasteiger charge is -2.16. The van der Waals surface area contributed by atoms with Crippen molar-refractivity contribution in [1.29, 1.82) is 0 Å². The number of esters is 1. The van der Waals surface area contributed by atoms with Gasteiger partial charge in [0.2, 0.25) is 0 Å². The quantitative estimate of drug-likeness (QED) is 0.871. The third-order valence-corrected chi connectivity index (χ3v) is 3.42. The molecule has 7 heteroatoms. The Labute approximate surface area is 139 Å². The van der Waals surface area contributed by atoms with E-state index in [4.69, 9.17) is 11.6 Å². The van der Waals surface area contributed by atoms with Crippen LogP contribution < -0.4 is 10.2 Å². The molecule has 0 bridgehead atoms. The molecule has 0 saturated heterocycles. The number of carbonyl (C=O) groups is 2. The maximum absolute atomic E-state index is 12.5. The summed E-state index contributed by atoms with van der Waals surface area (Å²) in [5.41, 5.74) is 1.02. The summed E-state index contributed by atoms with van der Waals surface area (Å²) in [6.07, 6.45) is 1.61. The normalized spacial score (nSPS) is 10.1. The first-order chi connectivity index (χ1) is 10.9. The standard InChI is InChI=1S/C16H16ClN3O3/c1-20(2)14-11(5-4-8-18-14)15(21)19-13-9-10(16(22)23-3)6-7-12(13)17/h4-9H,1-3H3,(H,19,21). The SMILES string of the molecule is COC(=O)c1ccc(Cl)c(NC(=O)c2cccnc2N(C)C)c1. The van der Waals surface area contributed by atoms with Gasteiger partial charge in [0.1, 0.15) is 5.82 Å². The summed E-state index contributed by atoms with van der Waals surface area (Å²) < 4.78 is 4.66. The molecule has 1 N–H and O–H groups in total. The summed E-state index contributed by atoms with van der Waals surface area (Å²) >= 11 is 6.09. The fourth-order valence-electron chi connectivity index (χ4n) is 1.99. The number of pyridine rings is 1. The number of hydrogen-bond acceptors (Lipinski definition) is 5. The molecule has 0 aliphatic carbocycles. The minimum Gasteiger partial charge on any atom is -0.465 e. The van der Waals surface area contributed by atoms with Crippen molar-refractivity contribution in [2.24, 2.45) is 0 Å². The van der Waals surface area contributed by atoms with Crippen LogP contribution in [0.3, 0.4) is 0 Å². The van der Waals surface area contributed by atoms with E-state index < -0.39 is 5.97 Å². The van der Waals surface area contributed by atoms with Crippen LogP contribution in [0.4, 0.5) is 11.5 Å². The highest BCUT2D eigenvalue weighted by Crippen LogP contribution is 2.25. The number of benzene rings is 1. The third kappa shape index (κ3) is 3.78. The molecule has 1 heterocycles. The topological polar surface area (TPSA) is 71.5 Å². The Morgan fingerprint density at radius 2 is 2.00 bits per heavy atom. The van der Waals surface area contributed by atoms with E-state index in [1.54, 1.807) is 37.3 Å². The predicted molar refractivity (Wildman–Crippen MR) is 89.3 cm³/mol. The molecule has 0 fully saturated rings. The number of ether oxygens (including phenoxy) is 1. The molecule has 2 rings (SSSR count). The first-order valence-corrected chi connectivity index (χ1v) is 7.13. The first-order valence-electron chi connectivity index (χ1n) is 6.75. The number of nitrogens with one attached hydrogen (secondary N) is 1. The lowest BCUT2D eigenvalue weighted by Crippen LogP contribution is -2.20. The van der Waals surface area contributed by atoms with Crippen LogP contribution in [0.2, 0.25) is 5.02 Å². The Kier molecular flexibility index (Phi) is 5.18. The fraction of sp³-hybridized carbons (Fsp3) is 0.188. The highest BCUT2D eigenvalue weighted by Gasteiger charge is 2.16. The minimum absolute atomic E-state index is 0.297. The second kappa shape index (κ2) is 7.11. The van der Waals surface area contributed by atoms with Gasteiger partial charge in [-0.05, 0) is 30.3 Å². The molecular formula is C16H16ClN3O3. The molecule has 120 valence electrons. The largest absolute Gasteiger partial charge is 0.465 e. The summed E-state index contributed by atoms with van der Waals surface area (Å²) in [7, 11) is 4.88. The van der Waals surface area contributed by atoms with E-state index in [-0.39, 0.29) is 5.91 Å². The lowest BCUT2D eigenvalue weighted by atomic mass is 10.2. The Morgan fingerprint density at radius 3 is 2.65 bits per heavy atom. The Balaban J connectivity index is 2.32. The lowest BCUT2D eigenvalue weighted by molar-refractivity contribution is 0.0600. The van der Waals surface area contributed by atoms with Crippen LogP contribution in [0.15, 0.2) is 36.5 Å². The molecule has 0 aliphatic heterocycles. The predicted octanol–water partition coefficient (Wildman–Crippen LogP) is 2.84. The van der Waals surface area contributed by atoms with Crippen molar-refractivity contribution in [2.45, 2.75) is 0 Å². The first kappa shape index (κ1) is 16.8. The molecular weight excluding hydrogens is 318 g/mol. The van der Waals surface area contributed by atoms with Crippen molar-refractivity contribution in [2.75, 3.05) is 31.4 Å². The summed E-state index contributed by atoms with van der Waals surface area (Å²) in [5.74, 6) is -0.344. The zero-order valence-corrected chi connectivity index (χ0v) is 13.7. The average molecular weight is 334 g/mol. The molecule has 0 radical (unpaired) electrons. The Morgan fingerprint density at radius 1 is 1.26 bits per heavy atom. The van der Waals surface area contributed by atoms with Crippen LogP contribution in [0.1, 0.15) is 20.7 Å². The van der Waals surface area contributed by atoms with E-state index in [9.17, 15) is 9.59 Å². The molecule has 0 spiro atoms. The van der Waals surface area contributed by atoms with Gasteiger partial charge in [-0.15, -0.1) is 0 Å². The average Bonchev–Trinajstić information content (AvgIpc) is 2.56. The molecule has 1 aromatic heterocycles. The number of hydrogen-bond donors (Lipinski definition) is 1. The van der Waals surface area contributed by atoms with Gasteiger partial charge in [0.25, 0.3) is 5.91 Å². The van der Waals surface area contributed by atoms with Gasteiger partial charge in [-0.2, -0.15) is 0 Å². The van der Waals surface area contributed by atoms with E-state index >= 15 is 0 Å². The van der Waals surface area contributed by atoms with Crippen LogP contribution in [-0.4, -0.2) is 38.1 Å². The van der Waals surface area contributed by atoms with Crippen molar-refractivity contribution in [3.8, 4) is 0 Å². The summed E-state index contributed by atoms with van der Waals surface area (Å²) in [6.45, 7) is 0. The third-order valence-electron chi connectivity index (χ3n) is 3.09. The summed E-state index contributed by atoms with van der Waals surface area (Å²) in [5, 5.41) is 3.02. The number of carbonyl (C=O) groups excluding carboxylic acids is 2. The number of anilines is 2. The van der Waals surface area contributed by atoms with E-state index in [0.717, 1.165) is 0 Å². The van der Waals surface area contributed by atoms with E-state index in [1.807, 2.05) is 0 Å². The number of rotatable bonds is 4. The van der Waals surface area contributed by atoms with E-state index in [2.05, 4.69) is 15.0 Å². The number of nitrogens with zero attached hydrogens (tertiary/aromatic N) is 2. The number of amides is 1. The van der Waals surface area contributed by atoms with Gasteiger partial charge >= 0.3 is 5.97 Å². The number of aromatic nitrogens is 1. The van der Waals surface area contributed by atoms with Gasteiger partial charge in [0.15, 0.2) is 0 Å². The van der Waals surface area contributed by atoms with Gasteiger partial charge in [-0.1, -0.05) is 11.6 Å². The van der Waals surface area contributed by atoms with Gasteiger partial charge in [0.05, 0.1) is 28.9 Å². The zero-order chi connectivity index (χ0) is 17.0. The molecule has 6 nitrogen and oxygen atoms in total. The highest BCUT2D eigenvalue weighted by molar-refractivity contribution is 6.34. The molecule has 23 heavy (non-hydrogen) atoms. The van der Waals surface area contributed by atoms with E-state index in [1.165, 1.54) is 25.3 Å². The van der Waals surface area contributed by atoms with Crippen molar-refractivity contribution in [3.63, 3.8) is 0 Å². The monoisotopic (exact) mass is 333 g/mol. The fourth-order valence-corrected chi connectivity index (χ4v) is 2.15. The maximum Gasteiger partial charge on any atom is 0.337 e. The van der Waals surface area contributed by atoms with Crippen molar-refractivity contribution >= 4 is 35.0 Å². The molecule has 1 aromatic carbocycles. The van der Waals surface area contributed by atoms with Crippen LogP contribution in [0.5, 0.6) is 0 Å². The molecule has 0 aliphatic rings. The smallest absolute Gasteiger partial charge is 0.337 e. The number of methoxy groups -OCH3 is 1. The molecule has 0 atom stereocenters. The highest BCUT2D eigenvalue weighted by atomic mass is 35.5. The summed E-state index contributed by atoms with van der Waals surface area (Å²) in [4.78, 5) is 30.0. The van der Waals surface area contributed by atoms with Gasteiger partial charge in [0, 0.05) is 20.3 Å². The molecule has 0 unspecified atom stereocenters. The van der Waals surface area contributed by atoms with Gasteiger partial charge in [-0.3, -0.25) is 4.79 Å². The second-order valence-electron chi connectivity index (χ2n) is 4.91. The van der Waals surface area contributed by atoms with E-state index in [0.29, 0.717) is 27.7 Å². The molecule has 0 saturated carbocycles. The number of halogens is 1. The van der Waals surface area contributed by atoms with Crippen LogP contribution >= 0.6 is 11.6 Å². The van der Waals surface area contributed by atoms with Gasteiger partial charge in [-0.25, -0.2) is 9.78 Å². The maximum atomic E-state index is 12.5. The van der Waals surface area contributed by atoms with Crippen molar-refractivity contribution in [3.05, 3.63) is 52.7 Å².